The highest BCUT2D eigenvalue weighted by atomic mass is 15.2. The zero-order chi connectivity index (χ0) is 14.8. The fourth-order valence-corrected chi connectivity index (χ4v) is 2.96. The van der Waals surface area contributed by atoms with Crippen molar-refractivity contribution in [2.45, 2.75) is 32.2 Å². The molecule has 1 aromatic carbocycles. The first-order valence-corrected chi connectivity index (χ1v) is 7.48. The fourth-order valence-electron chi connectivity index (χ4n) is 2.96. The van der Waals surface area contributed by atoms with Crippen LogP contribution in [0.3, 0.4) is 0 Å². The quantitative estimate of drug-likeness (QED) is 0.940. The van der Waals surface area contributed by atoms with Crippen LogP contribution in [0.25, 0.3) is 0 Å². The minimum atomic E-state index is 0.414. The molecule has 1 unspecified atom stereocenters. The second-order valence-corrected chi connectivity index (χ2v) is 5.95. The van der Waals surface area contributed by atoms with E-state index in [9.17, 15) is 0 Å². The highest BCUT2D eigenvalue weighted by Crippen LogP contribution is 2.23. The Balaban J connectivity index is 1.75. The summed E-state index contributed by atoms with van der Waals surface area (Å²) < 4.78 is 0. The average molecular weight is 282 g/mol. The summed E-state index contributed by atoms with van der Waals surface area (Å²) >= 11 is 0. The van der Waals surface area contributed by atoms with Gasteiger partial charge >= 0.3 is 0 Å². The number of nitrogens with one attached hydrogen (secondary N) is 1. The zero-order valence-electron chi connectivity index (χ0n) is 12.9. The summed E-state index contributed by atoms with van der Waals surface area (Å²) in [6.45, 7) is 2.04. The third-order valence-corrected chi connectivity index (χ3v) is 4.05. The molecular weight excluding hydrogens is 260 g/mol. The van der Waals surface area contributed by atoms with Crippen LogP contribution in [0.5, 0.6) is 0 Å². The van der Waals surface area contributed by atoms with Crippen LogP contribution < -0.4 is 10.2 Å². The maximum atomic E-state index is 4.63. The Kier molecular flexibility index (Phi) is 3.78. The molecule has 1 aromatic heterocycles. The Labute approximate surface area is 126 Å². The van der Waals surface area contributed by atoms with E-state index in [2.05, 4.69) is 39.6 Å². The summed E-state index contributed by atoms with van der Waals surface area (Å²) in [6, 6.07) is 9.12. The van der Waals surface area contributed by atoms with Gasteiger partial charge in [0.1, 0.15) is 5.82 Å². The molecule has 1 aliphatic rings. The van der Waals surface area contributed by atoms with Crippen LogP contribution in [0, 0.1) is 6.92 Å². The molecule has 0 spiro atoms. The van der Waals surface area contributed by atoms with Crippen molar-refractivity contribution in [3.05, 3.63) is 47.2 Å². The summed E-state index contributed by atoms with van der Waals surface area (Å²) in [5.74, 6) is 1.71. The largest absolute Gasteiger partial charge is 0.362 e. The van der Waals surface area contributed by atoms with Crippen LogP contribution in [-0.4, -0.2) is 30.1 Å². The summed E-state index contributed by atoms with van der Waals surface area (Å²) in [4.78, 5) is 11.1. The monoisotopic (exact) mass is 282 g/mol. The lowest BCUT2D eigenvalue weighted by atomic mass is 9.88. The molecule has 0 bridgehead atoms. The second kappa shape index (κ2) is 5.72. The van der Waals surface area contributed by atoms with Gasteiger partial charge in [-0.05, 0) is 37.3 Å². The first kappa shape index (κ1) is 13.9. The third-order valence-electron chi connectivity index (χ3n) is 4.05. The molecule has 1 atom stereocenters. The van der Waals surface area contributed by atoms with Crippen LogP contribution >= 0.6 is 0 Å². The van der Waals surface area contributed by atoms with Gasteiger partial charge in [0, 0.05) is 31.9 Å². The van der Waals surface area contributed by atoms with Gasteiger partial charge in [-0.15, -0.1) is 0 Å². The predicted molar refractivity (Wildman–Crippen MR) is 87.0 cm³/mol. The Morgan fingerprint density at radius 2 is 1.95 bits per heavy atom. The van der Waals surface area contributed by atoms with Crippen LogP contribution in [0.4, 0.5) is 11.8 Å². The molecule has 1 heterocycles. The molecule has 4 heteroatoms. The van der Waals surface area contributed by atoms with Gasteiger partial charge in [0.2, 0.25) is 5.95 Å². The van der Waals surface area contributed by atoms with E-state index in [4.69, 9.17) is 0 Å². The average Bonchev–Trinajstić information content (AvgIpc) is 2.49. The molecule has 2 aromatic rings. The van der Waals surface area contributed by atoms with Gasteiger partial charge < -0.3 is 10.2 Å². The van der Waals surface area contributed by atoms with Crippen LogP contribution in [0.1, 0.15) is 23.1 Å². The molecule has 4 nitrogen and oxygen atoms in total. The normalized spacial score (nSPS) is 17.2. The van der Waals surface area contributed by atoms with Crippen molar-refractivity contribution in [3.63, 3.8) is 0 Å². The predicted octanol–water partition coefficient (Wildman–Crippen LogP) is 2.82. The summed E-state index contributed by atoms with van der Waals surface area (Å²) in [5.41, 5.74) is 4.02. The summed E-state index contributed by atoms with van der Waals surface area (Å²) in [6.07, 6.45) is 5.19. The van der Waals surface area contributed by atoms with Crippen molar-refractivity contribution < 1.29 is 0 Å². The van der Waals surface area contributed by atoms with Crippen molar-refractivity contribution in [1.29, 1.82) is 0 Å². The van der Waals surface area contributed by atoms with Gasteiger partial charge in [0.25, 0.3) is 0 Å². The minimum Gasteiger partial charge on any atom is -0.362 e. The zero-order valence-corrected chi connectivity index (χ0v) is 12.9. The van der Waals surface area contributed by atoms with E-state index in [1.807, 2.05) is 32.1 Å². The molecule has 3 rings (SSSR count). The number of rotatable bonds is 3. The second-order valence-electron chi connectivity index (χ2n) is 5.95. The van der Waals surface area contributed by atoms with E-state index < -0.39 is 0 Å². The molecule has 0 saturated heterocycles. The van der Waals surface area contributed by atoms with Gasteiger partial charge in [-0.25, -0.2) is 4.98 Å². The Morgan fingerprint density at radius 1 is 1.19 bits per heavy atom. The molecule has 21 heavy (non-hydrogen) atoms. The standard InChI is InChI=1S/C17H22N4/c1-12-11-18-17(20-16(12)21(2)3)19-15-9-8-13-6-4-5-7-14(13)10-15/h4-7,11,15H,8-10H2,1-3H3,(H,18,19,20). The lowest BCUT2D eigenvalue weighted by molar-refractivity contribution is 0.606. The van der Waals surface area contributed by atoms with Crippen molar-refractivity contribution in [1.82, 2.24) is 9.97 Å². The van der Waals surface area contributed by atoms with Gasteiger partial charge in [-0.2, -0.15) is 4.98 Å². The number of nitrogens with zero attached hydrogens (tertiary/aromatic N) is 3. The topological polar surface area (TPSA) is 41.1 Å². The number of hydrogen-bond donors (Lipinski definition) is 1. The molecule has 1 aliphatic carbocycles. The van der Waals surface area contributed by atoms with Crippen LogP contribution in [0.2, 0.25) is 0 Å². The van der Waals surface area contributed by atoms with E-state index >= 15 is 0 Å². The minimum absolute atomic E-state index is 0.414. The number of aromatic nitrogens is 2. The van der Waals surface area contributed by atoms with Crippen molar-refractivity contribution in [2.24, 2.45) is 0 Å². The first-order chi connectivity index (χ1) is 10.1. The number of hydrogen-bond acceptors (Lipinski definition) is 4. The number of benzene rings is 1. The molecular formula is C17H22N4. The first-order valence-electron chi connectivity index (χ1n) is 7.48. The number of anilines is 2. The maximum Gasteiger partial charge on any atom is 0.224 e. The van der Waals surface area contributed by atoms with Crippen LogP contribution in [0.15, 0.2) is 30.5 Å². The van der Waals surface area contributed by atoms with E-state index in [0.29, 0.717) is 6.04 Å². The van der Waals surface area contributed by atoms with Crippen LogP contribution in [-0.2, 0) is 12.8 Å². The van der Waals surface area contributed by atoms with Gasteiger partial charge in [0.15, 0.2) is 0 Å². The Hall–Kier alpha value is -2.10. The SMILES string of the molecule is Cc1cnc(NC2CCc3ccccc3C2)nc1N(C)C. The summed E-state index contributed by atoms with van der Waals surface area (Å²) in [7, 11) is 4.02. The Morgan fingerprint density at radius 3 is 2.71 bits per heavy atom. The Bertz CT molecular complexity index is 636. The molecule has 0 amide bonds. The van der Waals surface area contributed by atoms with Crippen molar-refractivity contribution >= 4 is 11.8 Å². The van der Waals surface area contributed by atoms with E-state index in [-0.39, 0.29) is 0 Å². The highest BCUT2D eigenvalue weighted by Gasteiger charge is 2.19. The molecule has 110 valence electrons. The highest BCUT2D eigenvalue weighted by molar-refractivity contribution is 5.48. The molecule has 1 N–H and O–H groups in total. The van der Waals surface area contributed by atoms with Gasteiger partial charge in [-0.3, -0.25) is 0 Å². The molecule has 0 fully saturated rings. The maximum absolute atomic E-state index is 4.63. The smallest absolute Gasteiger partial charge is 0.224 e. The summed E-state index contributed by atoms with van der Waals surface area (Å²) in [5, 5.41) is 3.50. The van der Waals surface area contributed by atoms with E-state index in [1.165, 1.54) is 11.1 Å². The fraction of sp³-hybridized carbons (Fsp3) is 0.412. The number of fused-ring (bicyclic) bond motifs is 1. The lowest BCUT2D eigenvalue weighted by Gasteiger charge is -2.26. The van der Waals surface area contributed by atoms with E-state index in [1.54, 1.807) is 0 Å². The molecule has 0 saturated carbocycles. The van der Waals surface area contributed by atoms with Crippen molar-refractivity contribution in [2.75, 3.05) is 24.3 Å². The number of aryl methyl sites for hydroxylation is 2. The van der Waals surface area contributed by atoms with Gasteiger partial charge in [0.05, 0.1) is 0 Å². The van der Waals surface area contributed by atoms with Gasteiger partial charge in [-0.1, -0.05) is 24.3 Å². The molecule has 0 radical (unpaired) electrons. The molecule has 0 aliphatic heterocycles. The lowest BCUT2D eigenvalue weighted by Crippen LogP contribution is -2.28. The van der Waals surface area contributed by atoms with E-state index in [0.717, 1.165) is 36.6 Å². The third kappa shape index (κ3) is 2.99. The van der Waals surface area contributed by atoms with Crippen molar-refractivity contribution in [3.8, 4) is 0 Å².